The Hall–Kier alpha value is -2.36. The van der Waals surface area contributed by atoms with E-state index in [9.17, 15) is 4.79 Å². The lowest BCUT2D eigenvalue weighted by Crippen LogP contribution is -2.20. The van der Waals surface area contributed by atoms with Gasteiger partial charge in [0.05, 0.1) is 17.5 Å². The lowest BCUT2D eigenvalue weighted by Gasteiger charge is -2.07. The van der Waals surface area contributed by atoms with E-state index in [1.807, 2.05) is 30.3 Å². The first kappa shape index (κ1) is 16.0. The van der Waals surface area contributed by atoms with Crippen LogP contribution < -0.4 is 5.43 Å². The number of carbonyl (C=O) groups excluding carboxylic acids is 1. The number of unbranched alkanes of at least 4 members (excludes halogenated alkanes) is 2. The van der Waals surface area contributed by atoms with Crippen molar-refractivity contribution >= 4 is 11.6 Å². The SMILES string of the molecule is CCCCCC(=NNC(=O)c1ccoc1C)c1ccccc1. The van der Waals surface area contributed by atoms with E-state index < -0.39 is 0 Å². The van der Waals surface area contributed by atoms with Crippen molar-refractivity contribution in [3.05, 3.63) is 59.5 Å². The highest BCUT2D eigenvalue weighted by molar-refractivity contribution is 6.02. The van der Waals surface area contributed by atoms with Crippen LogP contribution in [0.15, 0.2) is 52.2 Å². The molecule has 1 N–H and O–H groups in total. The van der Waals surface area contributed by atoms with Gasteiger partial charge in [-0.1, -0.05) is 50.1 Å². The zero-order chi connectivity index (χ0) is 15.8. The van der Waals surface area contributed by atoms with E-state index in [2.05, 4.69) is 17.5 Å². The Bertz CT molecular complexity index is 630. The normalized spacial score (nSPS) is 11.5. The van der Waals surface area contributed by atoms with Crippen molar-refractivity contribution in [3.63, 3.8) is 0 Å². The van der Waals surface area contributed by atoms with Crippen molar-refractivity contribution in [2.24, 2.45) is 5.10 Å². The molecule has 0 spiro atoms. The number of aryl methyl sites for hydroxylation is 1. The molecule has 1 amide bonds. The number of carbonyl (C=O) groups is 1. The van der Waals surface area contributed by atoms with E-state index in [1.54, 1.807) is 13.0 Å². The number of rotatable bonds is 7. The van der Waals surface area contributed by atoms with Crippen molar-refractivity contribution in [3.8, 4) is 0 Å². The molecule has 1 aromatic heterocycles. The Labute approximate surface area is 131 Å². The molecule has 2 rings (SSSR count). The third-order valence-electron chi connectivity index (χ3n) is 3.52. The molecule has 0 aliphatic rings. The maximum Gasteiger partial charge on any atom is 0.274 e. The van der Waals surface area contributed by atoms with Crippen LogP contribution in [-0.2, 0) is 0 Å². The number of hydrazone groups is 1. The molecular weight excluding hydrogens is 276 g/mol. The number of nitrogens with one attached hydrogen (secondary N) is 1. The van der Waals surface area contributed by atoms with Crippen molar-refractivity contribution in [2.45, 2.75) is 39.5 Å². The average Bonchev–Trinajstić information content (AvgIpc) is 2.97. The van der Waals surface area contributed by atoms with Crippen LogP contribution >= 0.6 is 0 Å². The minimum atomic E-state index is -0.241. The summed E-state index contributed by atoms with van der Waals surface area (Å²) < 4.78 is 5.15. The molecule has 0 atom stereocenters. The number of benzene rings is 1. The second kappa shape index (κ2) is 8.17. The summed E-state index contributed by atoms with van der Waals surface area (Å²) in [6.07, 6.45) is 5.73. The molecule has 0 bridgehead atoms. The third-order valence-corrected chi connectivity index (χ3v) is 3.52. The summed E-state index contributed by atoms with van der Waals surface area (Å²) in [7, 11) is 0. The molecule has 0 aliphatic carbocycles. The molecule has 0 aliphatic heterocycles. The molecule has 0 saturated carbocycles. The Morgan fingerprint density at radius 1 is 1.18 bits per heavy atom. The molecule has 2 aromatic rings. The van der Waals surface area contributed by atoms with Gasteiger partial charge in [-0.15, -0.1) is 0 Å². The van der Waals surface area contributed by atoms with Gasteiger partial charge in [0.2, 0.25) is 0 Å². The number of hydrogen-bond acceptors (Lipinski definition) is 3. The molecule has 0 fully saturated rings. The zero-order valence-electron chi connectivity index (χ0n) is 13.1. The second-order valence-corrected chi connectivity index (χ2v) is 5.21. The molecule has 0 unspecified atom stereocenters. The predicted molar refractivity (Wildman–Crippen MR) is 88.0 cm³/mol. The molecular formula is C18H22N2O2. The summed E-state index contributed by atoms with van der Waals surface area (Å²) >= 11 is 0. The van der Waals surface area contributed by atoms with Crippen molar-refractivity contribution in [2.75, 3.05) is 0 Å². The summed E-state index contributed by atoms with van der Waals surface area (Å²) in [5.41, 5.74) is 5.11. The molecule has 116 valence electrons. The summed E-state index contributed by atoms with van der Waals surface area (Å²) in [4.78, 5) is 12.1. The van der Waals surface area contributed by atoms with E-state index >= 15 is 0 Å². The smallest absolute Gasteiger partial charge is 0.274 e. The summed E-state index contributed by atoms with van der Waals surface area (Å²) in [6.45, 7) is 3.93. The molecule has 1 aromatic carbocycles. The molecule has 22 heavy (non-hydrogen) atoms. The Kier molecular flexibility index (Phi) is 5.95. The first-order valence-electron chi connectivity index (χ1n) is 7.68. The van der Waals surface area contributed by atoms with Crippen molar-refractivity contribution < 1.29 is 9.21 Å². The minimum Gasteiger partial charge on any atom is -0.469 e. The van der Waals surface area contributed by atoms with Crippen LogP contribution in [0, 0.1) is 6.92 Å². The van der Waals surface area contributed by atoms with E-state index in [0.717, 1.165) is 37.0 Å². The van der Waals surface area contributed by atoms with Gasteiger partial charge < -0.3 is 4.42 Å². The van der Waals surface area contributed by atoms with Gasteiger partial charge in [-0.05, 0) is 31.4 Å². The maximum absolute atomic E-state index is 12.1. The lowest BCUT2D eigenvalue weighted by atomic mass is 10.0. The molecule has 1 heterocycles. The lowest BCUT2D eigenvalue weighted by molar-refractivity contribution is 0.0953. The highest BCUT2D eigenvalue weighted by Gasteiger charge is 2.11. The second-order valence-electron chi connectivity index (χ2n) is 5.21. The highest BCUT2D eigenvalue weighted by atomic mass is 16.3. The van der Waals surface area contributed by atoms with Gasteiger partial charge in [0.15, 0.2) is 0 Å². The topological polar surface area (TPSA) is 54.6 Å². The Morgan fingerprint density at radius 3 is 2.59 bits per heavy atom. The fraction of sp³-hybridized carbons (Fsp3) is 0.333. The van der Waals surface area contributed by atoms with Crippen LogP contribution in [0.1, 0.15) is 54.3 Å². The van der Waals surface area contributed by atoms with Crippen LogP contribution in [0.2, 0.25) is 0 Å². The number of hydrogen-bond donors (Lipinski definition) is 1. The Balaban J connectivity index is 2.10. The van der Waals surface area contributed by atoms with Crippen LogP contribution in [0.3, 0.4) is 0 Å². The molecule has 4 nitrogen and oxygen atoms in total. The quantitative estimate of drug-likeness (QED) is 0.470. The summed E-state index contributed by atoms with van der Waals surface area (Å²) in [5.74, 6) is 0.357. The van der Waals surface area contributed by atoms with Crippen LogP contribution in [0.25, 0.3) is 0 Å². The fourth-order valence-corrected chi connectivity index (χ4v) is 2.24. The van der Waals surface area contributed by atoms with E-state index in [0.29, 0.717) is 11.3 Å². The first-order valence-corrected chi connectivity index (χ1v) is 7.68. The van der Waals surface area contributed by atoms with Gasteiger partial charge in [-0.2, -0.15) is 5.10 Å². The minimum absolute atomic E-state index is 0.241. The van der Waals surface area contributed by atoms with Crippen LogP contribution in [-0.4, -0.2) is 11.6 Å². The summed E-state index contributed by atoms with van der Waals surface area (Å²) in [6, 6.07) is 11.6. The van der Waals surface area contributed by atoms with E-state index in [4.69, 9.17) is 4.42 Å². The van der Waals surface area contributed by atoms with Crippen LogP contribution in [0.4, 0.5) is 0 Å². The van der Waals surface area contributed by atoms with Gasteiger partial charge in [-0.25, -0.2) is 5.43 Å². The average molecular weight is 298 g/mol. The number of amides is 1. The number of nitrogens with zero attached hydrogens (tertiary/aromatic N) is 1. The van der Waals surface area contributed by atoms with Gasteiger partial charge in [0.25, 0.3) is 5.91 Å². The van der Waals surface area contributed by atoms with E-state index in [1.165, 1.54) is 6.26 Å². The monoisotopic (exact) mass is 298 g/mol. The molecule has 0 radical (unpaired) electrons. The van der Waals surface area contributed by atoms with Crippen molar-refractivity contribution in [1.29, 1.82) is 0 Å². The molecule has 0 saturated heterocycles. The van der Waals surface area contributed by atoms with Gasteiger partial charge in [-0.3, -0.25) is 4.79 Å². The van der Waals surface area contributed by atoms with Crippen LogP contribution in [0.5, 0.6) is 0 Å². The standard InChI is InChI=1S/C18H22N2O2/c1-3-4-6-11-17(15-9-7-5-8-10-15)19-20-18(21)16-12-13-22-14(16)2/h5,7-10,12-13H,3-4,6,11H2,1-2H3,(H,20,21). The van der Waals surface area contributed by atoms with E-state index in [-0.39, 0.29) is 5.91 Å². The van der Waals surface area contributed by atoms with Gasteiger partial charge >= 0.3 is 0 Å². The third kappa shape index (κ3) is 4.32. The predicted octanol–water partition coefficient (Wildman–Crippen LogP) is 4.30. The first-order chi connectivity index (χ1) is 10.7. The molecule has 4 heteroatoms. The fourth-order valence-electron chi connectivity index (χ4n) is 2.24. The van der Waals surface area contributed by atoms with Gasteiger partial charge in [0.1, 0.15) is 5.76 Å². The Morgan fingerprint density at radius 2 is 1.95 bits per heavy atom. The van der Waals surface area contributed by atoms with Crippen molar-refractivity contribution in [1.82, 2.24) is 5.43 Å². The number of furan rings is 1. The maximum atomic E-state index is 12.1. The van der Waals surface area contributed by atoms with Gasteiger partial charge in [0, 0.05) is 0 Å². The largest absolute Gasteiger partial charge is 0.469 e. The summed E-state index contributed by atoms with van der Waals surface area (Å²) in [5, 5.41) is 4.34. The zero-order valence-corrected chi connectivity index (χ0v) is 13.1. The highest BCUT2D eigenvalue weighted by Crippen LogP contribution is 2.11.